The number of hydrogen-bond acceptors (Lipinski definition) is 4. The number of piperidine rings is 1. The maximum atomic E-state index is 12.7. The molecule has 1 saturated heterocycles. The van der Waals surface area contributed by atoms with Gasteiger partial charge in [-0.2, -0.15) is 0 Å². The maximum absolute atomic E-state index is 12.7. The van der Waals surface area contributed by atoms with Crippen LogP contribution in [0, 0.1) is 18.8 Å². The average molecular weight is 401 g/mol. The lowest BCUT2D eigenvalue weighted by Crippen LogP contribution is -2.44. The lowest BCUT2D eigenvalue weighted by atomic mass is 9.86. The van der Waals surface area contributed by atoms with Gasteiger partial charge in [0, 0.05) is 24.7 Å². The summed E-state index contributed by atoms with van der Waals surface area (Å²) in [6.07, 6.45) is 5.61. The molecule has 0 aromatic heterocycles. The molecule has 0 bridgehead atoms. The van der Waals surface area contributed by atoms with Crippen LogP contribution in [0.2, 0.25) is 0 Å². The molecule has 1 aliphatic heterocycles. The summed E-state index contributed by atoms with van der Waals surface area (Å²) >= 11 is 0. The minimum atomic E-state index is -0.333. The SMILES string of the molecule is Cc1ccccc1C(=O)N1CCC(C(=O)OCC(=O)N[C@@H]2CCCC[C@H]2C)CC1. The fraction of sp³-hybridized carbons (Fsp3) is 0.609. The predicted molar refractivity (Wildman–Crippen MR) is 110 cm³/mol. The highest BCUT2D eigenvalue weighted by molar-refractivity contribution is 5.95. The maximum Gasteiger partial charge on any atom is 0.309 e. The molecule has 1 saturated carbocycles. The second-order valence-electron chi connectivity index (χ2n) is 8.42. The van der Waals surface area contributed by atoms with Crippen molar-refractivity contribution in [1.29, 1.82) is 0 Å². The van der Waals surface area contributed by atoms with E-state index in [1.807, 2.05) is 31.2 Å². The summed E-state index contributed by atoms with van der Waals surface area (Å²) < 4.78 is 5.27. The molecule has 0 spiro atoms. The third-order valence-corrected chi connectivity index (χ3v) is 6.29. The summed E-state index contributed by atoms with van der Waals surface area (Å²) in [6, 6.07) is 7.73. The van der Waals surface area contributed by atoms with Gasteiger partial charge in [-0.1, -0.05) is 38.0 Å². The zero-order valence-corrected chi connectivity index (χ0v) is 17.5. The number of carbonyl (C=O) groups excluding carboxylic acids is 3. The number of nitrogens with zero attached hydrogens (tertiary/aromatic N) is 1. The summed E-state index contributed by atoms with van der Waals surface area (Å²) in [7, 11) is 0. The van der Waals surface area contributed by atoms with Crippen LogP contribution in [0.3, 0.4) is 0 Å². The molecule has 29 heavy (non-hydrogen) atoms. The van der Waals surface area contributed by atoms with Crippen LogP contribution in [0.1, 0.15) is 61.4 Å². The molecule has 1 aromatic rings. The molecular formula is C23H32N2O4. The first kappa shape index (κ1) is 21.3. The molecule has 3 rings (SSSR count). The highest BCUT2D eigenvalue weighted by Gasteiger charge is 2.30. The van der Waals surface area contributed by atoms with E-state index in [2.05, 4.69) is 12.2 Å². The fourth-order valence-corrected chi connectivity index (χ4v) is 4.34. The third-order valence-electron chi connectivity index (χ3n) is 6.29. The zero-order chi connectivity index (χ0) is 20.8. The Morgan fingerprint density at radius 1 is 1.07 bits per heavy atom. The summed E-state index contributed by atoms with van der Waals surface area (Å²) in [6.45, 7) is 4.92. The number of ether oxygens (including phenoxy) is 1. The van der Waals surface area contributed by atoms with E-state index < -0.39 is 0 Å². The summed E-state index contributed by atoms with van der Waals surface area (Å²) in [5.41, 5.74) is 1.67. The molecule has 1 aliphatic carbocycles. The van der Waals surface area contributed by atoms with Gasteiger partial charge in [0.05, 0.1) is 5.92 Å². The van der Waals surface area contributed by atoms with E-state index in [9.17, 15) is 14.4 Å². The van der Waals surface area contributed by atoms with Crippen molar-refractivity contribution in [2.24, 2.45) is 11.8 Å². The molecule has 0 radical (unpaired) electrons. The number of nitrogens with one attached hydrogen (secondary N) is 1. The Balaban J connectivity index is 1.41. The number of hydrogen-bond donors (Lipinski definition) is 1. The van der Waals surface area contributed by atoms with Gasteiger partial charge < -0.3 is 15.0 Å². The topological polar surface area (TPSA) is 75.7 Å². The Bertz CT molecular complexity index is 740. The smallest absolute Gasteiger partial charge is 0.309 e. The van der Waals surface area contributed by atoms with Gasteiger partial charge in [-0.3, -0.25) is 14.4 Å². The molecule has 1 heterocycles. The summed E-state index contributed by atoms with van der Waals surface area (Å²) in [5, 5.41) is 3.00. The van der Waals surface area contributed by atoms with Gasteiger partial charge in [0.25, 0.3) is 11.8 Å². The number of benzene rings is 1. The van der Waals surface area contributed by atoms with Crippen LogP contribution in [0.25, 0.3) is 0 Å². The number of rotatable bonds is 5. The van der Waals surface area contributed by atoms with Crippen LogP contribution >= 0.6 is 0 Å². The van der Waals surface area contributed by atoms with Crippen LogP contribution in [0.5, 0.6) is 0 Å². The molecule has 2 fully saturated rings. The van der Waals surface area contributed by atoms with Gasteiger partial charge in [0.1, 0.15) is 0 Å². The normalized spacial score (nSPS) is 22.8. The van der Waals surface area contributed by atoms with Crippen LogP contribution in [-0.2, 0) is 14.3 Å². The molecule has 1 N–H and O–H groups in total. The van der Waals surface area contributed by atoms with E-state index in [0.717, 1.165) is 24.8 Å². The van der Waals surface area contributed by atoms with E-state index in [4.69, 9.17) is 4.74 Å². The lowest BCUT2D eigenvalue weighted by molar-refractivity contribution is -0.154. The van der Waals surface area contributed by atoms with Crippen molar-refractivity contribution in [2.45, 2.75) is 58.4 Å². The second kappa shape index (κ2) is 9.90. The van der Waals surface area contributed by atoms with E-state index in [1.54, 1.807) is 4.90 Å². The predicted octanol–water partition coefficient (Wildman–Crippen LogP) is 3.09. The van der Waals surface area contributed by atoms with Crippen molar-refractivity contribution < 1.29 is 19.1 Å². The average Bonchev–Trinajstić information content (AvgIpc) is 2.73. The van der Waals surface area contributed by atoms with E-state index in [-0.39, 0.29) is 36.4 Å². The highest BCUT2D eigenvalue weighted by Crippen LogP contribution is 2.24. The van der Waals surface area contributed by atoms with Crippen LogP contribution in [0.4, 0.5) is 0 Å². The molecule has 0 unspecified atom stereocenters. The third kappa shape index (κ3) is 5.58. The van der Waals surface area contributed by atoms with Crippen molar-refractivity contribution in [3.8, 4) is 0 Å². The van der Waals surface area contributed by atoms with E-state index in [1.165, 1.54) is 6.42 Å². The number of esters is 1. The molecule has 2 amide bonds. The van der Waals surface area contributed by atoms with Crippen molar-refractivity contribution in [2.75, 3.05) is 19.7 Å². The van der Waals surface area contributed by atoms with E-state index in [0.29, 0.717) is 37.4 Å². The van der Waals surface area contributed by atoms with Crippen LogP contribution in [0.15, 0.2) is 24.3 Å². The fourth-order valence-electron chi connectivity index (χ4n) is 4.34. The van der Waals surface area contributed by atoms with Gasteiger partial charge in [0.2, 0.25) is 0 Å². The van der Waals surface area contributed by atoms with Crippen molar-refractivity contribution in [3.05, 3.63) is 35.4 Å². The monoisotopic (exact) mass is 400 g/mol. The standard InChI is InChI=1S/C23H32N2O4/c1-16-7-3-5-9-19(16)22(27)25-13-11-18(12-14-25)23(28)29-15-21(26)24-20-10-6-4-8-17(20)2/h3,5,7,9,17-18,20H,4,6,8,10-15H2,1-2H3,(H,24,26)/t17-,20-/m1/s1. The first-order valence-corrected chi connectivity index (χ1v) is 10.8. The Morgan fingerprint density at radius 3 is 2.45 bits per heavy atom. The van der Waals surface area contributed by atoms with Crippen molar-refractivity contribution >= 4 is 17.8 Å². The number of aryl methyl sites for hydroxylation is 1. The number of amides is 2. The first-order chi connectivity index (χ1) is 14.0. The van der Waals surface area contributed by atoms with Crippen molar-refractivity contribution in [3.63, 3.8) is 0 Å². The largest absolute Gasteiger partial charge is 0.455 e. The Labute approximate surface area is 173 Å². The van der Waals surface area contributed by atoms with Gasteiger partial charge in [-0.25, -0.2) is 0 Å². The zero-order valence-electron chi connectivity index (χ0n) is 17.5. The Morgan fingerprint density at radius 2 is 1.76 bits per heavy atom. The molecule has 2 aliphatic rings. The van der Waals surface area contributed by atoms with E-state index >= 15 is 0 Å². The second-order valence-corrected chi connectivity index (χ2v) is 8.42. The number of carbonyl (C=O) groups is 3. The molecule has 6 nitrogen and oxygen atoms in total. The minimum Gasteiger partial charge on any atom is -0.455 e. The minimum absolute atomic E-state index is 0.0101. The quantitative estimate of drug-likeness (QED) is 0.771. The molecule has 2 atom stereocenters. The van der Waals surface area contributed by atoms with Gasteiger partial charge in [-0.05, 0) is 50.2 Å². The van der Waals surface area contributed by atoms with Crippen LogP contribution in [-0.4, -0.2) is 48.4 Å². The Hall–Kier alpha value is -2.37. The lowest BCUT2D eigenvalue weighted by Gasteiger charge is -2.31. The molecule has 6 heteroatoms. The highest BCUT2D eigenvalue weighted by atomic mass is 16.5. The van der Waals surface area contributed by atoms with Gasteiger partial charge in [-0.15, -0.1) is 0 Å². The van der Waals surface area contributed by atoms with Crippen molar-refractivity contribution in [1.82, 2.24) is 10.2 Å². The summed E-state index contributed by atoms with van der Waals surface area (Å²) in [5.74, 6) is -0.323. The molecule has 1 aromatic carbocycles. The van der Waals surface area contributed by atoms with Gasteiger partial charge >= 0.3 is 5.97 Å². The summed E-state index contributed by atoms with van der Waals surface area (Å²) in [4.78, 5) is 39.0. The van der Waals surface area contributed by atoms with Gasteiger partial charge in [0.15, 0.2) is 6.61 Å². The van der Waals surface area contributed by atoms with Crippen LogP contribution < -0.4 is 5.32 Å². The molecule has 158 valence electrons. The first-order valence-electron chi connectivity index (χ1n) is 10.8. The number of likely N-dealkylation sites (tertiary alicyclic amines) is 1. The Kier molecular flexibility index (Phi) is 7.29. The molecular weight excluding hydrogens is 368 g/mol.